The molecule has 31 heavy (non-hydrogen) atoms. The molecule has 0 fully saturated rings. The van der Waals surface area contributed by atoms with E-state index in [4.69, 9.17) is 9.47 Å². The Balaban J connectivity index is 2.10. The summed E-state index contributed by atoms with van der Waals surface area (Å²) >= 11 is 0. The molecule has 1 aromatic rings. The van der Waals surface area contributed by atoms with Crippen LogP contribution in [0.2, 0.25) is 0 Å². The predicted octanol–water partition coefficient (Wildman–Crippen LogP) is -1.02. The van der Waals surface area contributed by atoms with Gasteiger partial charge in [0.05, 0.1) is 35.1 Å². The molecule has 0 heterocycles. The van der Waals surface area contributed by atoms with Gasteiger partial charge in [0.2, 0.25) is 16.3 Å². The highest BCUT2D eigenvalue weighted by Crippen LogP contribution is 2.52. The zero-order valence-corrected chi connectivity index (χ0v) is 16.6. The average Bonchev–Trinajstić information content (AvgIpc) is 3.26. The molecule has 0 saturated heterocycles. The first-order valence-electron chi connectivity index (χ1n) is 9.52. The van der Waals surface area contributed by atoms with E-state index in [9.17, 15) is 29.4 Å². The molecule has 8 nitrogen and oxygen atoms in total. The second kappa shape index (κ2) is 6.04. The van der Waals surface area contributed by atoms with E-state index in [2.05, 4.69) is 0 Å². The minimum absolute atomic E-state index is 0.183. The number of hydrogen-bond acceptors (Lipinski definition) is 8. The summed E-state index contributed by atoms with van der Waals surface area (Å²) in [5.74, 6) is -1.04. The van der Waals surface area contributed by atoms with E-state index < -0.39 is 59.5 Å². The minimum atomic E-state index is -1.56. The quantitative estimate of drug-likeness (QED) is 0.539. The second-order valence-corrected chi connectivity index (χ2v) is 7.66. The summed E-state index contributed by atoms with van der Waals surface area (Å²) in [5, 5.41) is 20.3. The zero-order valence-electron chi connectivity index (χ0n) is 16.6. The maximum absolute atomic E-state index is 13.3. The Kier molecular flexibility index (Phi) is 3.71. The molecule has 156 valence electrons. The Morgan fingerprint density at radius 2 is 1.42 bits per heavy atom. The van der Waals surface area contributed by atoms with E-state index in [1.54, 1.807) is 18.2 Å². The Labute approximate surface area is 172 Å². The molecule has 0 unspecified atom stereocenters. The summed E-state index contributed by atoms with van der Waals surface area (Å²) in [5.41, 5.74) is -4.07. The molecule has 0 aliphatic heterocycles. The van der Waals surface area contributed by atoms with Crippen LogP contribution in [0, 0.1) is 10.4 Å². The Hall–Kier alpha value is -3.94. The highest BCUT2D eigenvalue weighted by atomic mass is 16.5. The molecule has 1 atom stereocenters. The SMILES string of the molecule is COc1cccc2c1[C@@]1(CC2)C(O)=c2c(=O)c3c(=O)cc(OC)c(=O)c=3c(=O)c2=C1O. The van der Waals surface area contributed by atoms with Gasteiger partial charge in [0.1, 0.15) is 22.7 Å². The smallest absolute Gasteiger partial charge is 0.232 e. The molecular weight excluding hydrogens is 404 g/mol. The lowest BCUT2D eigenvalue weighted by Gasteiger charge is -2.27. The number of hydrogen-bond donors (Lipinski definition) is 2. The van der Waals surface area contributed by atoms with Crippen LogP contribution in [0.25, 0.3) is 11.5 Å². The van der Waals surface area contributed by atoms with E-state index in [1.807, 2.05) is 0 Å². The third kappa shape index (κ3) is 2.04. The second-order valence-electron chi connectivity index (χ2n) is 7.66. The van der Waals surface area contributed by atoms with Crippen LogP contribution in [0.3, 0.4) is 0 Å². The van der Waals surface area contributed by atoms with Crippen molar-refractivity contribution >= 4 is 11.5 Å². The van der Waals surface area contributed by atoms with Gasteiger partial charge in [-0.25, -0.2) is 0 Å². The fraction of sp³-hybridized carbons (Fsp3) is 0.217. The van der Waals surface area contributed by atoms with E-state index in [-0.39, 0.29) is 12.2 Å². The van der Waals surface area contributed by atoms with E-state index in [0.29, 0.717) is 17.7 Å². The average molecular weight is 420 g/mol. The van der Waals surface area contributed by atoms with Crippen molar-refractivity contribution in [1.29, 1.82) is 0 Å². The van der Waals surface area contributed by atoms with Crippen LogP contribution >= 0.6 is 0 Å². The van der Waals surface area contributed by atoms with Crippen molar-refractivity contribution < 1.29 is 19.7 Å². The fourth-order valence-corrected chi connectivity index (χ4v) is 5.04. The van der Waals surface area contributed by atoms with Crippen molar-refractivity contribution in [1.82, 2.24) is 0 Å². The summed E-state index contributed by atoms with van der Waals surface area (Å²) < 4.78 is 10.3. The van der Waals surface area contributed by atoms with Crippen LogP contribution < -0.4 is 41.6 Å². The molecule has 1 aromatic carbocycles. The van der Waals surface area contributed by atoms with Gasteiger partial charge in [-0.15, -0.1) is 0 Å². The van der Waals surface area contributed by atoms with Crippen molar-refractivity contribution in [3.63, 3.8) is 0 Å². The number of aryl methyl sites for hydroxylation is 1. The number of aliphatic hydroxyl groups excluding tert-OH is 2. The van der Waals surface area contributed by atoms with Crippen molar-refractivity contribution in [3.8, 4) is 11.5 Å². The van der Waals surface area contributed by atoms with Gasteiger partial charge in [-0.2, -0.15) is 0 Å². The van der Waals surface area contributed by atoms with E-state index >= 15 is 0 Å². The summed E-state index contributed by atoms with van der Waals surface area (Å²) in [6.07, 6.45) is 0.631. The molecule has 4 aliphatic rings. The molecule has 0 amide bonds. The number of aliphatic hydroxyl groups is 2. The standard InChI is InChI=1S/C23H16O8/c1-30-11-5-3-4-9-6-7-23(17(9)11)21(28)15-16(22(23)29)20(27)14-13(19(15)26)10(24)8-12(31-2)18(14)25/h3-5,8,28-29H,6-7H2,1-2H3/t23-/m0/s1. The molecule has 0 saturated carbocycles. The van der Waals surface area contributed by atoms with E-state index in [0.717, 1.165) is 18.7 Å². The minimum Gasteiger partial charge on any atom is -0.510 e. The fourth-order valence-electron chi connectivity index (χ4n) is 5.04. The van der Waals surface area contributed by atoms with Gasteiger partial charge < -0.3 is 19.7 Å². The Morgan fingerprint density at radius 3 is 2.03 bits per heavy atom. The number of methoxy groups -OCH3 is 2. The molecule has 4 aliphatic carbocycles. The number of rotatable bonds is 2. The lowest BCUT2D eigenvalue weighted by molar-refractivity contribution is 0.355. The van der Waals surface area contributed by atoms with Gasteiger partial charge in [0, 0.05) is 11.6 Å². The largest absolute Gasteiger partial charge is 0.510 e. The topological polar surface area (TPSA) is 127 Å². The predicted molar refractivity (Wildman–Crippen MR) is 110 cm³/mol. The maximum atomic E-state index is 13.3. The summed E-state index contributed by atoms with van der Waals surface area (Å²) in [4.78, 5) is 51.8. The van der Waals surface area contributed by atoms with Crippen LogP contribution in [-0.4, -0.2) is 24.4 Å². The van der Waals surface area contributed by atoms with Gasteiger partial charge >= 0.3 is 0 Å². The van der Waals surface area contributed by atoms with Crippen molar-refractivity contribution in [2.24, 2.45) is 0 Å². The molecular formula is C23H16O8. The summed E-state index contributed by atoms with van der Waals surface area (Å²) in [6.45, 7) is 0. The van der Waals surface area contributed by atoms with Gasteiger partial charge in [-0.1, -0.05) is 12.1 Å². The van der Waals surface area contributed by atoms with E-state index in [1.165, 1.54) is 7.11 Å². The highest BCUT2D eigenvalue weighted by molar-refractivity contribution is 5.81. The first-order chi connectivity index (χ1) is 14.8. The van der Waals surface area contributed by atoms with Crippen molar-refractivity contribution in [3.05, 3.63) is 97.2 Å². The molecule has 5 rings (SSSR count). The summed E-state index contributed by atoms with van der Waals surface area (Å²) in [7, 11) is 2.60. The normalized spacial score (nSPS) is 19.2. The van der Waals surface area contributed by atoms with Crippen LogP contribution in [0.5, 0.6) is 11.5 Å². The lowest BCUT2D eigenvalue weighted by Crippen LogP contribution is -2.51. The summed E-state index contributed by atoms with van der Waals surface area (Å²) in [6, 6.07) is 6.06. The van der Waals surface area contributed by atoms with Gasteiger partial charge in [-0.05, 0) is 24.5 Å². The third-order valence-electron chi connectivity index (χ3n) is 6.40. The first kappa shape index (κ1) is 19.0. The molecule has 1 spiro atoms. The third-order valence-corrected chi connectivity index (χ3v) is 6.40. The van der Waals surface area contributed by atoms with Gasteiger partial charge in [0.25, 0.3) is 0 Å². The monoisotopic (exact) mass is 420 g/mol. The lowest BCUT2D eigenvalue weighted by atomic mass is 9.79. The van der Waals surface area contributed by atoms with Gasteiger partial charge in [-0.3, -0.25) is 19.2 Å². The van der Waals surface area contributed by atoms with Crippen LogP contribution in [0.15, 0.2) is 43.4 Å². The number of ether oxygens (including phenoxy) is 2. The molecule has 2 N–H and O–H groups in total. The molecule has 0 radical (unpaired) electrons. The molecule has 0 bridgehead atoms. The molecule has 8 heteroatoms. The van der Waals surface area contributed by atoms with Crippen molar-refractivity contribution in [2.45, 2.75) is 18.3 Å². The Morgan fingerprint density at radius 1 is 0.806 bits per heavy atom. The number of fused-ring (bicyclic) bond motifs is 3. The Bertz CT molecular complexity index is 1710. The van der Waals surface area contributed by atoms with Crippen molar-refractivity contribution in [2.75, 3.05) is 14.2 Å². The van der Waals surface area contributed by atoms with Gasteiger partial charge in [0.15, 0.2) is 11.2 Å². The zero-order chi connectivity index (χ0) is 22.2. The first-order valence-corrected chi connectivity index (χ1v) is 9.52. The van der Waals surface area contributed by atoms with Crippen LogP contribution in [0.1, 0.15) is 17.5 Å². The highest BCUT2D eigenvalue weighted by Gasteiger charge is 2.52. The number of benzene rings is 1. The maximum Gasteiger partial charge on any atom is 0.232 e. The molecule has 0 aromatic heterocycles. The van der Waals surface area contributed by atoms with Crippen LogP contribution in [-0.2, 0) is 11.8 Å². The van der Waals surface area contributed by atoms with Crippen LogP contribution in [0.4, 0.5) is 0 Å².